The van der Waals surface area contributed by atoms with E-state index in [1.54, 1.807) is 6.20 Å². The maximum Gasteiger partial charge on any atom is 0.119 e. The van der Waals surface area contributed by atoms with Crippen LogP contribution in [0.5, 0.6) is 5.75 Å². The van der Waals surface area contributed by atoms with E-state index in [9.17, 15) is 0 Å². The Bertz CT molecular complexity index is 499. The van der Waals surface area contributed by atoms with E-state index < -0.39 is 0 Å². The Morgan fingerprint density at radius 2 is 2.16 bits per heavy atom. The number of rotatable bonds is 6. The van der Waals surface area contributed by atoms with Crippen LogP contribution in [0.25, 0.3) is 0 Å². The summed E-state index contributed by atoms with van der Waals surface area (Å²) in [7, 11) is 0. The molecular weight excluding hydrogens is 236 g/mol. The van der Waals surface area contributed by atoms with Crippen molar-refractivity contribution in [2.75, 3.05) is 6.61 Å². The zero-order valence-corrected chi connectivity index (χ0v) is 11.3. The van der Waals surface area contributed by atoms with Gasteiger partial charge < -0.3 is 10.5 Å². The summed E-state index contributed by atoms with van der Waals surface area (Å²) in [5.74, 6) is 0.911. The predicted octanol–water partition coefficient (Wildman–Crippen LogP) is 2.73. The molecule has 1 aromatic heterocycles. The van der Waals surface area contributed by atoms with E-state index in [2.05, 4.69) is 18.0 Å². The van der Waals surface area contributed by atoms with Gasteiger partial charge in [0, 0.05) is 18.4 Å². The second-order valence-corrected chi connectivity index (χ2v) is 4.78. The van der Waals surface area contributed by atoms with Gasteiger partial charge in [0.2, 0.25) is 0 Å². The third-order valence-electron chi connectivity index (χ3n) is 2.97. The topological polar surface area (TPSA) is 48.1 Å². The molecule has 0 spiro atoms. The van der Waals surface area contributed by atoms with Crippen LogP contribution in [0, 0.1) is 6.92 Å². The number of benzene rings is 1. The van der Waals surface area contributed by atoms with Crippen LogP contribution in [0.4, 0.5) is 0 Å². The largest absolute Gasteiger partial charge is 0.494 e. The van der Waals surface area contributed by atoms with E-state index in [-0.39, 0.29) is 6.04 Å². The molecule has 100 valence electrons. The van der Waals surface area contributed by atoms with E-state index in [1.807, 2.05) is 36.5 Å². The Morgan fingerprint density at radius 1 is 1.26 bits per heavy atom. The van der Waals surface area contributed by atoms with Crippen LogP contribution in [0.3, 0.4) is 0 Å². The van der Waals surface area contributed by atoms with Gasteiger partial charge in [-0.15, -0.1) is 0 Å². The highest BCUT2D eigenvalue weighted by atomic mass is 16.5. The van der Waals surface area contributed by atoms with Crippen molar-refractivity contribution in [3.63, 3.8) is 0 Å². The first-order valence-corrected chi connectivity index (χ1v) is 6.58. The van der Waals surface area contributed by atoms with Crippen LogP contribution in [0.15, 0.2) is 48.8 Å². The Morgan fingerprint density at radius 3 is 2.89 bits per heavy atom. The minimum atomic E-state index is 0.106. The molecule has 3 heteroatoms. The maximum atomic E-state index is 6.09. The minimum Gasteiger partial charge on any atom is -0.494 e. The average molecular weight is 256 g/mol. The average Bonchev–Trinajstić information content (AvgIpc) is 2.40. The second-order valence-electron chi connectivity index (χ2n) is 4.78. The molecule has 0 bridgehead atoms. The number of nitrogens with two attached hydrogens (primary N) is 1. The van der Waals surface area contributed by atoms with Crippen LogP contribution in [-0.4, -0.2) is 17.6 Å². The Kier molecular flexibility index (Phi) is 4.93. The lowest BCUT2D eigenvalue weighted by molar-refractivity contribution is 0.297. The van der Waals surface area contributed by atoms with Crippen molar-refractivity contribution in [1.29, 1.82) is 0 Å². The Balaban J connectivity index is 1.73. The predicted molar refractivity (Wildman–Crippen MR) is 77.2 cm³/mol. The smallest absolute Gasteiger partial charge is 0.119 e. The molecule has 0 aliphatic heterocycles. The van der Waals surface area contributed by atoms with Crippen molar-refractivity contribution in [3.8, 4) is 5.75 Å². The summed E-state index contributed by atoms with van der Waals surface area (Å²) < 4.78 is 5.70. The van der Waals surface area contributed by atoms with Gasteiger partial charge in [-0.3, -0.25) is 4.98 Å². The number of pyridine rings is 1. The zero-order chi connectivity index (χ0) is 13.5. The molecule has 0 radical (unpaired) electrons. The number of nitrogens with zero attached hydrogens (tertiary/aromatic N) is 1. The van der Waals surface area contributed by atoms with Gasteiger partial charge in [0.1, 0.15) is 5.75 Å². The second kappa shape index (κ2) is 6.90. The van der Waals surface area contributed by atoms with Gasteiger partial charge in [0.15, 0.2) is 0 Å². The Labute approximate surface area is 114 Å². The van der Waals surface area contributed by atoms with E-state index in [0.29, 0.717) is 6.61 Å². The van der Waals surface area contributed by atoms with Gasteiger partial charge in [-0.25, -0.2) is 0 Å². The molecule has 0 aliphatic rings. The molecule has 19 heavy (non-hydrogen) atoms. The molecule has 0 amide bonds. The number of hydrogen-bond donors (Lipinski definition) is 1. The number of hydrogen-bond acceptors (Lipinski definition) is 3. The van der Waals surface area contributed by atoms with Crippen LogP contribution < -0.4 is 10.5 Å². The molecule has 0 fully saturated rings. The van der Waals surface area contributed by atoms with Crippen molar-refractivity contribution in [1.82, 2.24) is 4.98 Å². The number of aromatic nitrogens is 1. The first-order chi connectivity index (χ1) is 9.24. The van der Waals surface area contributed by atoms with Gasteiger partial charge >= 0.3 is 0 Å². The van der Waals surface area contributed by atoms with Crippen LogP contribution in [-0.2, 0) is 6.42 Å². The highest BCUT2D eigenvalue weighted by Gasteiger charge is 2.04. The number of ether oxygens (including phenoxy) is 1. The Hall–Kier alpha value is -1.87. The molecule has 2 aromatic rings. The van der Waals surface area contributed by atoms with Gasteiger partial charge in [-0.2, -0.15) is 0 Å². The van der Waals surface area contributed by atoms with E-state index >= 15 is 0 Å². The van der Waals surface area contributed by atoms with Gasteiger partial charge in [-0.05, 0) is 49.1 Å². The van der Waals surface area contributed by atoms with Crippen molar-refractivity contribution in [2.24, 2.45) is 5.73 Å². The summed E-state index contributed by atoms with van der Waals surface area (Å²) in [5.41, 5.74) is 8.47. The van der Waals surface area contributed by atoms with E-state index in [1.165, 1.54) is 11.1 Å². The summed E-state index contributed by atoms with van der Waals surface area (Å²) in [5, 5.41) is 0. The molecule has 1 atom stereocenters. The lowest BCUT2D eigenvalue weighted by atomic mass is 10.1. The standard InChI is InChI=1S/C16H20N2O/c1-13-4-2-6-16(10-13)19-9-7-15(17)11-14-5-3-8-18-12-14/h2-6,8,10,12,15H,7,9,11,17H2,1H3. The minimum absolute atomic E-state index is 0.106. The highest BCUT2D eigenvalue weighted by molar-refractivity contribution is 5.27. The fourth-order valence-electron chi connectivity index (χ4n) is 1.96. The normalized spacial score (nSPS) is 12.1. The molecule has 3 nitrogen and oxygen atoms in total. The van der Waals surface area contributed by atoms with Crippen LogP contribution >= 0.6 is 0 Å². The third-order valence-corrected chi connectivity index (χ3v) is 2.97. The third kappa shape index (κ3) is 4.72. The quantitative estimate of drug-likeness (QED) is 0.864. The van der Waals surface area contributed by atoms with Crippen molar-refractivity contribution in [2.45, 2.75) is 25.8 Å². The van der Waals surface area contributed by atoms with Crippen molar-refractivity contribution in [3.05, 3.63) is 59.9 Å². The molecule has 0 saturated heterocycles. The summed E-state index contributed by atoms with van der Waals surface area (Å²) in [6.45, 7) is 2.70. The van der Waals surface area contributed by atoms with Crippen molar-refractivity contribution >= 4 is 0 Å². The van der Waals surface area contributed by atoms with Crippen molar-refractivity contribution < 1.29 is 4.74 Å². The first-order valence-electron chi connectivity index (χ1n) is 6.58. The lowest BCUT2D eigenvalue weighted by Gasteiger charge is -2.12. The molecule has 2 N–H and O–H groups in total. The zero-order valence-electron chi connectivity index (χ0n) is 11.3. The maximum absolute atomic E-state index is 6.09. The molecule has 2 rings (SSSR count). The number of aryl methyl sites for hydroxylation is 1. The summed E-state index contributed by atoms with van der Waals surface area (Å²) >= 11 is 0. The molecule has 0 saturated carbocycles. The highest BCUT2D eigenvalue weighted by Crippen LogP contribution is 2.13. The summed E-state index contributed by atoms with van der Waals surface area (Å²) in [6, 6.07) is 12.2. The summed E-state index contributed by atoms with van der Waals surface area (Å²) in [6.07, 6.45) is 5.31. The molecule has 1 aromatic carbocycles. The fraction of sp³-hybridized carbons (Fsp3) is 0.312. The van der Waals surface area contributed by atoms with Crippen LogP contribution in [0.1, 0.15) is 17.5 Å². The van der Waals surface area contributed by atoms with E-state index in [0.717, 1.165) is 18.6 Å². The molecular formula is C16H20N2O. The van der Waals surface area contributed by atoms with Gasteiger partial charge in [-0.1, -0.05) is 18.2 Å². The fourth-order valence-corrected chi connectivity index (χ4v) is 1.96. The monoisotopic (exact) mass is 256 g/mol. The lowest BCUT2D eigenvalue weighted by Crippen LogP contribution is -2.25. The molecule has 0 aliphatic carbocycles. The molecule has 1 unspecified atom stereocenters. The van der Waals surface area contributed by atoms with Crippen LogP contribution in [0.2, 0.25) is 0 Å². The van der Waals surface area contributed by atoms with Gasteiger partial charge in [0.25, 0.3) is 0 Å². The van der Waals surface area contributed by atoms with Gasteiger partial charge in [0.05, 0.1) is 6.61 Å². The SMILES string of the molecule is Cc1cccc(OCCC(N)Cc2cccnc2)c1. The summed E-state index contributed by atoms with van der Waals surface area (Å²) in [4.78, 5) is 4.09. The molecule has 1 heterocycles. The van der Waals surface area contributed by atoms with E-state index in [4.69, 9.17) is 10.5 Å². The first kappa shape index (κ1) is 13.6.